The first-order chi connectivity index (χ1) is 16.5. The Labute approximate surface area is 199 Å². The molecule has 0 unspecified atom stereocenters. The third-order valence-corrected chi connectivity index (χ3v) is 5.70. The van der Waals surface area contributed by atoms with Gasteiger partial charge in [0.2, 0.25) is 0 Å². The summed E-state index contributed by atoms with van der Waals surface area (Å²) in [5, 5.41) is 2.62. The summed E-state index contributed by atoms with van der Waals surface area (Å²) in [7, 11) is 3.10. The number of ether oxygens (including phenoxy) is 4. The van der Waals surface area contributed by atoms with Crippen LogP contribution in [0.4, 0.5) is 0 Å². The van der Waals surface area contributed by atoms with E-state index in [1.54, 1.807) is 55.6 Å². The van der Waals surface area contributed by atoms with Gasteiger partial charge in [0.25, 0.3) is 5.91 Å². The second kappa shape index (κ2) is 12.6. The first-order valence-corrected chi connectivity index (χ1v) is 11.4. The summed E-state index contributed by atoms with van der Waals surface area (Å²) in [4.78, 5) is 38.2. The van der Waals surface area contributed by atoms with Crippen molar-refractivity contribution in [3.05, 3.63) is 59.7 Å². The van der Waals surface area contributed by atoms with Gasteiger partial charge >= 0.3 is 11.9 Å². The third-order valence-electron chi connectivity index (χ3n) is 5.70. The van der Waals surface area contributed by atoms with Crippen molar-refractivity contribution in [1.82, 2.24) is 5.32 Å². The van der Waals surface area contributed by atoms with Gasteiger partial charge in [-0.15, -0.1) is 0 Å². The Morgan fingerprint density at radius 2 is 1.47 bits per heavy atom. The highest BCUT2D eigenvalue weighted by Gasteiger charge is 2.28. The lowest BCUT2D eigenvalue weighted by Crippen LogP contribution is -2.43. The van der Waals surface area contributed by atoms with Crippen LogP contribution in [0.25, 0.3) is 0 Å². The molecule has 0 bridgehead atoms. The van der Waals surface area contributed by atoms with Gasteiger partial charge in [-0.2, -0.15) is 0 Å². The van der Waals surface area contributed by atoms with Crippen LogP contribution in [-0.4, -0.2) is 44.2 Å². The van der Waals surface area contributed by atoms with E-state index in [1.165, 1.54) is 7.11 Å². The molecule has 2 aromatic rings. The molecule has 1 aliphatic rings. The minimum atomic E-state index is -1.18. The summed E-state index contributed by atoms with van der Waals surface area (Å²) in [6, 6.07) is 12.3. The van der Waals surface area contributed by atoms with Crippen LogP contribution in [-0.2, 0) is 25.7 Å². The van der Waals surface area contributed by atoms with Crippen LogP contribution < -0.4 is 14.8 Å². The van der Waals surface area contributed by atoms with Gasteiger partial charge < -0.3 is 24.3 Å². The van der Waals surface area contributed by atoms with Crippen LogP contribution >= 0.6 is 0 Å². The lowest BCUT2D eigenvalue weighted by molar-refractivity contribution is -0.157. The average molecular weight is 470 g/mol. The zero-order chi connectivity index (χ0) is 24.3. The fourth-order valence-electron chi connectivity index (χ4n) is 3.74. The Morgan fingerprint density at radius 3 is 2.06 bits per heavy atom. The number of methoxy groups -OCH3 is 2. The van der Waals surface area contributed by atoms with Crippen LogP contribution in [0.15, 0.2) is 48.5 Å². The quantitative estimate of drug-likeness (QED) is 0.528. The highest BCUT2D eigenvalue weighted by atomic mass is 16.5. The number of carbonyl (C=O) groups excluding carboxylic acids is 3. The zero-order valence-corrected chi connectivity index (χ0v) is 19.6. The van der Waals surface area contributed by atoms with Gasteiger partial charge in [-0.3, -0.25) is 9.59 Å². The predicted octanol–water partition coefficient (Wildman–Crippen LogP) is 3.81. The molecule has 182 valence electrons. The van der Waals surface area contributed by atoms with E-state index in [4.69, 9.17) is 18.9 Å². The fourth-order valence-corrected chi connectivity index (χ4v) is 3.74. The number of amides is 1. The maximum atomic E-state index is 12.8. The lowest BCUT2D eigenvalue weighted by Gasteiger charge is -2.23. The Morgan fingerprint density at radius 1 is 0.882 bits per heavy atom. The molecule has 1 N–H and O–H groups in total. The molecule has 8 heteroatoms. The second-order valence-electron chi connectivity index (χ2n) is 8.16. The van der Waals surface area contributed by atoms with E-state index >= 15 is 0 Å². The van der Waals surface area contributed by atoms with Crippen molar-refractivity contribution in [2.24, 2.45) is 0 Å². The van der Waals surface area contributed by atoms with Gasteiger partial charge in [0.1, 0.15) is 30.3 Å². The monoisotopic (exact) mass is 469 g/mol. The summed E-state index contributed by atoms with van der Waals surface area (Å²) in [6.45, 7) is -0.00456. The highest BCUT2D eigenvalue weighted by Crippen LogP contribution is 2.21. The van der Waals surface area contributed by atoms with Crippen molar-refractivity contribution in [1.29, 1.82) is 0 Å². The molecule has 1 amide bonds. The Bertz CT molecular complexity index is 950. The molecule has 1 atom stereocenters. The largest absolute Gasteiger partial charge is 0.497 e. The van der Waals surface area contributed by atoms with E-state index in [0.29, 0.717) is 17.1 Å². The Hall–Kier alpha value is -3.55. The summed E-state index contributed by atoms with van der Waals surface area (Å²) in [5.74, 6) is -0.459. The van der Waals surface area contributed by atoms with Crippen molar-refractivity contribution in [3.8, 4) is 11.5 Å². The average Bonchev–Trinajstić information content (AvgIpc) is 2.87. The standard InChI is InChI=1S/C26H31NO7/c1-31-20-12-8-18(9-13-20)17-33-26(30)23(16-24(28)34-22-6-4-3-5-7-22)27-25(29)19-10-14-21(32-2)15-11-19/h8-15,22-23H,3-7,16-17H2,1-2H3,(H,27,29)/t23-/m0/s1. The van der Waals surface area contributed by atoms with Crippen molar-refractivity contribution < 1.29 is 33.3 Å². The van der Waals surface area contributed by atoms with Crippen LogP contribution in [0.3, 0.4) is 0 Å². The molecule has 0 aliphatic heterocycles. The smallest absolute Gasteiger partial charge is 0.329 e. The van der Waals surface area contributed by atoms with Gasteiger partial charge in [-0.1, -0.05) is 18.6 Å². The minimum absolute atomic E-state index is 0.00456. The van der Waals surface area contributed by atoms with Gasteiger partial charge in [-0.05, 0) is 67.6 Å². The minimum Gasteiger partial charge on any atom is -0.497 e. The third kappa shape index (κ3) is 7.50. The Balaban J connectivity index is 1.64. The fraction of sp³-hybridized carbons (Fsp3) is 0.423. The Kier molecular flexibility index (Phi) is 9.31. The van der Waals surface area contributed by atoms with E-state index in [-0.39, 0.29) is 19.1 Å². The van der Waals surface area contributed by atoms with E-state index in [2.05, 4.69) is 5.32 Å². The molecule has 0 spiro atoms. The summed E-state index contributed by atoms with van der Waals surface area (Å²) in [5.41, 5.74) is 1.08. The SMILES string of the molecule is COc1ccc(COC(=O)[C@H](CC(=O)OC2CCCCC2)NC(=O)c2ccc(OC)cc2)cc1. The van der Waals surface area contributed by atoms with Crippen molar-refractivity contribution in [3.63, 3.8) is 0 Å². The van der Waals surface area contributed by atoms with Gasteiger partial charge in [0, 0.05) is 5.56 Å². The maximum absolute atomic E-state index is 12.8. The topological polar surface area (TPSA) is 100 Å². The van der Waals surface area contributed by atoms with Gasteiger partial charge in [-0.25, -0.2) is 4.79 Å². The van der Waals surface area contributed by atoms with Gasteiger partial charge in [0.15, 0.2) is 0 Å². The number of hydrogen-bond donors (Lipinski definition) is 1. The first-order valence-electron chi connectivity index (χ1n) is 11.4. The molecule has 1 fully saturated rings. The molecule has 0 heterocycles. The van der Waals surface area contributed by atoms with Gasteiger partial charge in [0.05, 0.1) is 20.6 Å². The van der Waals surface area contributed by atoms with Crippen molar-refractivity contribution >= 4 is 17.8 Å². The molecular weight excluding hydrogens is 438 g/mol. The van der Waals surface area contributed by atoms with E-state index in [0.717, 1.165) is 37.7 Å². The molecule has 0 aromatic heterocycles. The number of esters is 2. The molecule has 1 aliphatic carbocycles. The number of benzene rings is 2. The lowest BCUT2D eigenvalue weighted by atomic mass is 9.98. The van der Waals surface area contributed by atoms with Crippen LogP contribution in [0.5, 0.6) is 11.5 Å². The molecule has 8 nitrogen and oxygen atoms in total. The molecule has 34 heavy (non-hydrogen) atoms. The second-order valence-corrected chi connectivity index (χ2v) is 8.16. The van der Waals surface area contributed by atoms with E-state index < -0.39 is 23.9 Å². The molecule has 1 saturated carbocycles. The summed E-state index contributed by atoms with van der Waals surface area (Å²) >= 11 is 0. The molecular formula is C26H31NO7. The number of nitrogens with one attached hydrogen (secondary N) is 1. The number of hydrogen-bond acceptors (Lipinski definition) is 7. The van der Waals surface area contributed by atoms with Crippen molar-refractivity contribution in [2.45, 2.75) is 57.3 Å². The highest BCUT2D eigenvalue weighted by molar-refractivity contribution is 5.97. The van der Waals surface area contributed by atoms with Crippen LogP contribution in [0.2, 0.25) is 0 Å². The van der Waals surface area contributed by atoms with Crippen LogP contribution in [0, 0.1) is 0 Å². The molecule has 0 saturated heterocycles. The molecule has 3 rings (SSSR count). The summed E-state index contributed by atoms with van der Waals surface area (Å²) in [6.07, 6.45) is 4.34. The number of carbonyl (C=O) groups is 3. The van der Waals surface area contributed by atoms with E-state index in [1.807, 2.05) is 0 Å². The molecule has 2 aromatic carbocycles. The number of rotatable bonds is 10. The first kappa shape index (κ1) is 25.1. The van der Waals surface area contributed by atoms with E-state index in [9.17, 15) is 14.4 Å². The predicted molar refractivity (Wildman–Crippen MR) is 125 cm³/mol. The summed E-state index contributed by atoms with van der Waals surface area (Å²) < 4.78 is 21.2. The molecule has 0 radical (unpaired) electrons. The zero-order valence-electron chi connectivity index (χ0n) is 19.6. The normalized spacial score (nSPS) is 14.5. The van der Waals surface area contributed by atoms with Crippen LogP contribution in [0.1, 0.15) is 54.4 Å². The van der Waals surface area contributed by atoms with Crippen molar-refractivity contribution in [2.75, 3.05) is 14.2 Å². The maximum Gasteiger partial charge on any atom is 0.329 e.